The van der Waals surface area contributed by atoms with E-state index in [9.17, 15) is 9.59 Å². The molecule has 4 nitrogen and oxygen atoms in total. The zero-order valence-electron chi connectivity index (χ0n) is 13.7. The van der Waals surface area contributed by atoms with Crippen molar-refractivity contribution in [1.82, 2.24) is 10.2 Å². The smallest absolute Gasteiger partial charge is 0.226 e. The highest BCUT2D eigenvalue weighted by Gasteiger charge is 2.26. The number of carbonyl (C=O) groups excluding carboxylic acids is 2. The molecule has 1 fully saturated rings. The first kappa shape index (κ1) is 17.8. The van der Waals surface area contributed by atoms with Gasteiger partial charge in [-0.15, -0.1) is 0 Å². The maximum Gasteiger partial charge on any atom is 0.226 e. The monoisotopic (exact) mass is 336 g/mol. The average Bonchev–Trinajstić information content (AvgIpc) is 2.57. The number of benzene rings is 1. The highest BCUT2D eigenvalue weighted by Crippen LogP contribution is 2.19. The van der Waals surface area contributed by atoms with Crippen LogP contribution in [0.3, 0.4) is 0 Å². The summed E-state index contributed by atoms with van der Waals surface area (Å²) in [5, 5.41) is 3.66. The van der Waals surface area contributed by atoms with E-state index in [1.54, 1.807) is 12.1 Å². The summed E-state index contributed by atoms with van der Waals surface area (Å²) in [6.45, 7) is 4.19. The number of nitrogens with one attached hydrogen (secondary N) is 1. The Bertz CT molecular complexity index is 522. The molecular weight excluding hydrogens is 312 g/mol. The minimum absolute atomic E-state index is 0.0476. The van der Waals surface area contributed by atoms with Crippen LogP contribution in [0, 0.1) is 5.92 Å². The fraction of sp³-hybridized carbons (Fsp3) is 0.556. The lowest BCUT2D eigenvalue weighted by Gasteiger charge is -2.31. The third-order valence-corrected chi connectivity index (χ3v) is 4.57. The number of nitrogens with zero attached hydrogens (tertiary/aromatic N) is 1. The predicted molar refractivity (Wildman–Crippen MR) is 92.4 cm³/mol. The number of hydrogen-bond acceptors (Lipinski definition) is 2. The van der Waals surface area contributed by atoms with Crippen molar-refractivity contribution in [2.45, 2.75) is 39.0 Å². The summed E-state index contributed by atoms with van der Waals surface area (Å²) in [5.41, 5.74) is 0.971. The molecule has 1 aliphatic heterocycles. The highest BCUT2D eigenvalue weighted by molar-refractivity contribution is 6.30. The molecule has 1 aromatic rings. The molecule has 0 aromatic heterocycles. The van der Waals surface area contributed by atoms with Crippen LogP contribution in [-0.4, -0.2) is 36.3 Å². The Morgan fingerprint density at radius 1 is 1.22 bits per heavy atom. The standard InChI is InChI=1S/C18H25ClN2O2/c1-2-3-10-20-18(23)15-8-11-21(12-9-15)17(22)13-14-4-6-16(19)7-5-14/h4-7,15H,2-3,8-13H2,1H3,(H,20,23). The molecular formula is C18H25ClN2O2. The molecule has 0 unspecified atom stereocenters. The summed E-state index contributed by atoms with van der Waals surface area (Å²) >= 11 is 5.85. The lowest BCUT2D eigenvalue weighted by atomic mass is 9.95. The van der Waals surface area contributed by atoms with Crippen molar-refractivity contribution in [1.29, 1.82) is 0 Å². The van der Waals surface area contributed by atoms with Gasteiger partial charge in [0.2, 0.25) is 11.8 Å². The van der Waals surface area contributed by atoms with Gasteiger partial charge in [0.1, 0.15) is 0 Å². The molecule has 126 valence electrons. The summed E-state index contributed by atoms with van der Waals surface area (Å²) in [5.74, 6) is 0.312. The summed E-state index contributed by atoms with van der Waals surface area (Å²) < 4.78 is 0. The van der Waals surface area contributed by atoms with Gasteiger partial charge in [-0.25, -0.2) is 0 Å². The fourth-order valence-corrected chi connectivity index (χ4v) is 2.94. The van der Waals surface area contributed by atoms with Crippen LogP contribution in [0.5, 0.6) is 0 Å². The van der Waals surface area contributed by atoms with Crippen LogP contribution in [0.2, 0.25) is 5.02 Å². The first-order chi connectivity index (χ1) is 11.1. The zero-order chi connectivity index (χ0) is 16.7. The van der Waals surface area contributed by atoms with Crippen LogP contribution < -0.4 is 5.32 Å². The van der Waals surface area contributed by atoms with Gasteiger partial charge >= 0.3 is 0 Å². The van der Waals surface area contributed by atoms with Crippen molar-refractivity contribution in [3.63, 3.8) is 0 Å². The number of amides is 2. The topological polar surface area (TPSA) is 49.4 Å². The van der Waals surface area contributed by atoms with Crippen molar-refractivity contribution in [2.75, 3.05) is 19.6 Å². The van der Waals surface area contributed by atoms with Crippen LogP contribution in [-0.2, 0) is 16.0 Å². The quantitative estimate of drug-likeness (QED) is 0.812. The molecule has 23 heavy (non-hydrogen) atoms. The maximum absolute atomic E-state index is 12.3. The first-order valence-electron chi connectivity index (χ1n) is 8.40. The molecule has 1 aliphatic rings. The fourth-order valence-electron chi connectivity index (χ4n) is 2.81. The van der Waals surface area contributed by atoms with Crippen molar-refractivity contribution in [2.24, 2.45) is 5.92 Å². The van der Waals surface area contributed by atoms with E-state index in [2.05, 4.69) is 12.2 Å². The number of halogens is 1. The van der Waals surface area contributed by atoms with Crippen molar-refractivity contribution in [3.05, 3.63) is 34.9 Å². The molecule has 0 atom stereocenters. The van der Waals surface area contributed by atoms with Crippen LogP contribution in [0.25, 0.3) is 0 Å². The lowest BCUT2D eigenvalue weighted by molar-refractivity contribution is -0.135. The van der Waals surface area contributed by atoms with E-state index in [0.717, 1.165) is 37.8 Å². The SMILES string of the molecule is CCCCNC(=O)C1CCN(C(=O)Cc2ccc(Cl)cc2)CC1. The Morgan fingerprint density at radius 3 is 2.48 bits per heavy atom. The largest absolute Gasteiger partial charge is 0.356 e. The molecule has 1 aromatic carbocycles. The van der Waals surface area contributed by atoms with E-state index < -0.39 is 0 Å². The van der Waals surface area contributed by atoms with Gasteiger partial charge in [0, 0.05) is 30.6 Å². The Balaban J connectivity index is 1.76. The number of unbranched alkanes of at least 4 members (excludes halogenated alkanes) is 1. The number of likely N-dealkylation sites (tertiary alicyclic amines) is 1. The summed E-state index contributed by atoms with van der Waals surface area (Å²) in [4.78, 5) is 26.2. The molecule has 5 heteroatoms. The average molecular weight is 337 g/mol. The normalized spacial score (nSPS) is 15.5. The molecule has 2 amide bonds. The molecule has 1 saturated heterocycles. The second-order valence-corrected chi connectivity index (χ2v) is 6.54. The maximum atomic E-state index is 12.3. The van der Waals surface area contributed by atoms with E-state index in [1.165, 1.54) is 0 Å². The molecule has 0 saturated carbocycles. The summed E-state index contributed by atoms with van der Waals surface area (Å²) in [6, 6.07) is 7.37. The highest BCUT2D eigenvalue weighted by atomic mass is 35.5. The lowest BCUT2D eigenvalue weighted by Crippen LogP contribution is -2.43. The van der Waals surface area contributed by atoms with Gasteiger partial charge in [0.25, 0.3) is 0 Å². The Morgan fingerprint density at radius 2 is 1.87 bits per heavy atom. The number of rotatable bonds is 6. The molecule has 1 N–H and O–H groups in total. The van der Waals surface area contributed by atoms with E-state index in [4.69, 9.17) is 11.6 Å². The molecule has 2 rings (SSSR count). The van der Waals surface area contributed by atoms with Crippen molar-refractivity contribution < 1.29 is 9.59 Å². The van der Waals surface area contributed by atoms with E-state index in [1.807, 2.05) is 17.0 Å². The van der Waals surface area contributed by atoms with Gasteiger partial charge in [-0.1, -0.05) is 37.1 Å². The number of hydrogen-bond donors (Lipinski definition) is 1. The van der Waals surface area contributed by atoms with Gasteiger partial charge in [-0.2, -0.15) is 0 Å². The predicted octanol–water partition coefficient (Wildman–Crippen LogP) is 3.04. The summed E-state index contributed by atoms with van der Waals surface area (Å²) in [7, 11) is 0. The molecule has 0 aliphatic carbocycles. The van der Waals surface area contributed by atoms with E-state index in [-0.39, 0.29) is 17.7 Å². The van der Waals surface area contributed by atoms with Crippen LogP contribution >= 0.6 is 11.6 Å². The van der Waals surface area contributed by atoms with Gasteiger partial charge in [-0.3, -0.25) is 9.59 Å². The van der Waals surface area contributed by atoms with Crippen LogP contribution in [0.15, 0.2) is 24.3 Å². The van der Waals surface area contributed by atoms with Crippen molar-refractivity contribution in [3.8, 4) is 0 Å². The molecule has 0 radical (unpaired) electrons. The minimum Gasteiger partial charge on any atom is -0.356 e. The number of piperidine rings is 1. The van der Waals surface area contributed by atoms with Gasteiger partial charge in [0.05, 0.1) is 6.42 Å². The Labute approximate surface area is 143 Å². The van der Waals surface area contributed by atoms with Gasteiger partial charge in [-0.05, 0) is 37.0 Å². The van der Waals surface area contributed by atoms with Crippen LogP contribution in [0.4, 0.5) is 0 Å². The van der Waals surface area contributed by atoms with Gasteiger partial charge in [0.15, 0.2) is 0 Å². The van der Waals surface area contributed by atoms with Crippen molar-refractivity contribution >= 4 is 23.4 Å². The Kier molecular flexibility index (Phi) is 6.90. The van der Waals surface area contributed by atoms with E-state index in [0.29, 0.717) is 24.5 Å². The Hall–Kier alpha value is -1.55. The molecule has 0 spiro atoms. The molecule has 0 bridgehead atoms. The second kappa shape index (κ2) is 8.92. The zero-order valence-corrected chi connectivity index (χ0v) is 14.4. The number of carbonyl (C=O) groups is 2. The minimum atomic E-state index is 0.0476. The summed E-state index contributed by atoms with van der Waals surface area (Å²) in [6.07, 6.45) is 4.00. The molecule has 1 heterocycles. The first-order valence-corrected chi connectivity index (χ1v) is 8.78. The third-order valence-electron chi connectivity index (χ3n) is 4.32. The van der Waals surface area contributed by atoms with Gasteiger partial charge < -0.3 is 10.2 Å². The van der Waals surface area contributed by atoms with Crippen LogP contribution in [0.1, 0.15) is 38.2 Å². The van der Waals surface area contributed by atoms with E-state index >= 15 is 0 Å². The third kappa shape index (κ3) is 5.54. The second-order valence-electron chi connectivity index (χ2n) is 6.10.